The minimum absolute atomic E-state index is 0.307. The number of aliphatic imine (C=N–C) groups is 1. The molecule has 2 N–H and O–H groups in total. The van der Waals surface area contributed by atoms with E-state index in [0.717, 1.165) is 37.7 Å². The standard InChI is InChI=1S/C14H18ClN3O/c15-11-3-1-2-10(8-11)12-9-13(12)17-14(16)18-4-6-19-7-5-18/h1-3,8,12-13H,4-7,9H2,(H2,16,17). The van der Waals surface area contributed by atoms with E-state index in [1.165, 1.54) is 5.56 Å². The van der Waals surface area contributed by atoms with Crippen LogP contribution < -0.4 is 5.73 Å². The molecule has 1 saturated carbocycles. The van der Waals surface area contributed by atoms with Gasteiger partial charge >= 0.3 is 0 Å². The maximum absolute atomic E-state index is 6.05. The minimum Gasteiger partial charge on any atom is -0.378 e. The van der Waals surface area contributed by atoms with E-state index in [0.29, 0.717) is 17.9 Å². The van der Waals surface area contributed by atoms with Gasteiger partial charge in [-0.1, -0.05) is 23.7 Å². The largest absolute Gasteiger partial charge is 0.378 e. The van der Waals surface area contributed by atoms with E-state index in [9.17, 15) is 0 Å². The Kier molecular flexibility index (Phi) is 3.62. The summed E-state index contributed by atoms with van der Waals surface area (Å²) in [6.45, 7) is 3.14. The topological polar surface area (TPSA) is 50.8 Å². The van der Waals surface area contributed by atoms with Crippen molar-refractivity contribution in [3.8, 4) is 0 Å². The molecule has 2 fully saturated rings. The molecular formula is C14H18ClN3O. The molecule has 5 heteroatoms. The normalized spacial score (nSPS) is 27.4. The Morgan fingerprint density at radius 3 is 2.89 bits per heavy atom. The highest BCUT2D eigenvalue weighted by molar-refractivity contribution is 6.30. The SMILES string of the molecule is NC(=NC1CC1c1cccc(Cl)c1)N1CCOCC1. The van der Waals surface area contributed by atoms with Crippen molar-refractivity contribution in [1.29, 1.82) is 0 Å². The van der Waals surface area contributed by atoms with Gasteiger partial charge in [-0.3, -0.25) is 0 Å². The van der Waals surface area contributed by atoms with E-state index in [2.05, 4.69) is 16.0 Å². The predicted molar refractivity (Wildman–Crippen MR) is 76.6 cm³/mol. The number of benzene rings is 1. The highest BCUT2D eigenvalue weighted by Crippen LogP contribution is 2.44. The van der Waals surface area contributed by atoms with Gasteiger partial charge in [-0.25, -0.2) is 4.99 Å². The lowest BCUT2D eigenvalue weighted by atomic mass is 10.1. The van der Waals surface area contributed by atoms with Gasteiger partial charge < -0.3 is 15.4 Å². The number of hydrogen-bond donors (Lipinski definition) is 1. The molecule has 0 spiro atoms. The molecular weight excluding hydrogens is 262 g/mol. The summed E-state index contributed by atoms with van der Waals surface area (Å²) in [6.07, 6.45) is 1.06. The summed E-state index contributed by atoms with van der Waals surface area (Å²) >= 11 is 6.01. The number of hydrogen-bond acceptors (Lipinski definition) is 2. The molecule has 0 amide bonds. The Labute approximate surface area is 118 Å². The molecule has 1 aromatic carbocycles. The van der Waals surface area contributed by atoms with Crippen molar-refractivity contribution >= 4 is 17.6 Å². The Morgan fingerprint density at radius 1 is 1.37 bits per heavy atom. The average Bonchev–Trinajstić information content (AvgIpc) is 3.19. The molecule has 3 rings (SSSR count). The van der Waals surface area contributed by atoms with Gasteiger partial charge in [-0.2, -0.15) is 0 Å². The molecule has 4 nitrogen and oxygen atoms in total. The van der Waals surface area contributed by atoms with E-state index in [1.807, 2.05) is 18.2 Å². The molecule has 102 valence electrons. The molecule has 2 unspecified atom stereocenters. The number of halogens is 1. The number of rotatable bonds is 2. The fraction of sp³-hybridized carbons (Fsp3) is 0.500. The average molecular weight is 280 g/mol. The Bertz CT molecular complexity index is 485. The second-order valence-electron chi connectivity index (χ2n) is 5.05. The predicted octanol–water partition coefficient (Wildman–Crippen LogP) is 1.84. The lowest BCUT2D eigenvalue weighted by Gasteiger charge is -2.27. The first-order valence-electron chi connectivity index (χ1n) is 6.65. The van der Waals surface area contributed by atoms with Crippen LogP contribution in [0.15, 0.2) is 29.3 Å². The van der Waals surface area contributed by atoms with Gasteiger partial charge in [-0.05, 0) is 24.1 Å². The summed E-state index contributed by atoms with van der Waals surface area (Å²) in [7, 11) is 0. The third kappa shape index (κ3) is 3.01. The van der Waals surface area contributed by atoms with E-state index < -0.39 is 0 Å². The van der Waals surface area contributed by atoms with Crippen LogP contribution in [0.5, 0.6) is 0 Å². The maximum atomic E-state index is 6.05. The molecule has 19 heavy (non-hydrogen) atoms. The minimum atomic E-state index is 0.307. The lowest BCUT2D eigenvalue weighted by Crippen LogP contribution is -2.45. The van der Waals surface area contributed by atoms with Crippen LogP contribution in [0, 0.1) is 0 Å². The highest BCUT2D eigenvalue weighted by Gasteiger charge is 2.39. The van der Waals surface area contributed by atoms with Crippen LogP contribution in [0.4, 0.5) is 0 Å². The molecule has 0 bridgehead atoms. The van der Waals surface area contributed by atoms with Crippen LogP contribution >= 0.6 is 11.6 Å². The molecule has 2 atom stereocenters. The number of morpholine rings is 1. The summed E-state index contributed by atoms with van der Waals surface area (Å²) in [5.41, 5.74) is 7.31. The summed E-state index contributed by atoms with van der Waals surface area (Å²) in [5.74, 6) is 1.12. The number of ether oxygens (including phenoxy) is 1. The monoisotopic (exact) mass is 279 g/mol. The second kappa shape index (κ2) is 5.39. The molecule has 0 aromatic heterocycles. The van der Waals surface area contributed by atoms with Crippen molar-refractivity contribution in [2.45, 2.75) is 18.4 Å². The number of guanidine groups is 1. The van der Waals surface area contributed by atoms with Crippen molar-refractivity contribution in [1.82, 2.24) is 4.90 Å². The Hall–Kier alpha value is -1.26. The summed E-state index contributed by atoms with van der Waals surface area (Å²) in [4.78, 5) is 6.72. The fourth-order valence-electron chi connectivity index (χ4n) is 2.46. The summed E-state index contributed by atoms with van der Waals surface area (Å²) in [5, 5.41) is 0.785. The van der Waals surface area contributed by atoms with E-state index in [4.69, 9.17) is 22.1 Å². The quantitative estimate of drug-likeness (QED) is 0.664. The van der Waals surface area contributed by atoms with Crippen LogP contribution in [-0.4, -0.2) is 43.2 Å². The van der Waals surface area contributed by atoms with E-state index in [1.54, 1.807) is 0 Å². The fourth-order valence-corrected chi connectivity index (χ4v) is 2.66. The highest BCUT2D eigenvalue weighted by atomic mass is 35.5. The summed E-state index contributed by atoms with van der Waals surface area (Å²) in [6, 6.07) is 8.32. The maximum Gasteiger partial charge on any atom is 0.191 e. The number of nitrogens with zero attached hydrogens (tertiary/aromatic N) is 2. The molecule has 1 aliphatic heterocycles. The first-order valence-corrected chi connectivity index (χ1v) is 7.03. The summed E-state index contributed by atoms with van der Waals surface area (Å²) < 4.78 is 5.31. The van der Waals surface area contributed by atoms with Gasteiger partial charge in [0.05, 0.1) is 19.3 Å². The van der Waals surface area contributed by atoms with Gasteiger partial charge in [0.15, 0.2) is 5.96 Å². The molecule has 0 radical (unpaired) electrons. The van der Waals surface area contributed by atoms with Gasteiger partial charge in [0.1, 0.15) is 0 Å². The smallest absolute Gasteiger partial charge is 0.191 e. The zero-order chi connectivity index (χ0) is 13.2. The molecule has 1 aliphatic carbocycles. The molecule has 1 heterocycles. The van der Waals surface area contributed by atoms with Crippen molar-refractivity contribution < 1.29 is 4.74 Å². The van der Waals surface area contributed by atoms with Crippen molar-refractivity contribution in [2.75, 3.05) is 26.3 Å². The van der Waals surface area contributed by atoms with Gasteiger partial charge in [0.2, 0.25) is 0 Å². The van der Waals surface area contributed by atoms with Crippen LogP contribution in [-0.2, 0) is 4.74 Å². The Balaban J connectivity index is 1.63. The van der Waals surface area contributed by atoms with Crippen LogP contribution in [0.25, 0.3) is 0 Å². The molecule has 1 saturated heterocycles. The second-order valence-corrected chi connectivity index (χ2v) is 5.49. The van der Waals surface area contributed by atoms with Crippen LogP contribution in [0.2, 0.25) is 5.02 Å². The van der Waals surface area contributed by atoms with Gasteiger partial charge in [0, 0.05) is 24.0 Å². The van der Waals surface area contributed by atoms with E-state index >= 15 is 0 Å². The van der Waals surface area contributed by atoms with Crippen molar-refractivity contribution in [2.24, 2.45) is 10.7 Å². The molecule has 2 aliphatic rings. The van der Waals surface area contributed by atoms with Crippen LogP contribution in [0.1, 0.15) is 17.9 Å². The third-order valence-electron chi connectivity index (χ3n) is 3.67. The number of nitrogens with two attached hydrogens (primary N) is 1. The zero-order valence-corrected chi connectivity index (χ0v) is 11.5. The van der Waals surface area contributed by atoms with Gasteiger partial charge in [-0.15, -0.1) is 0 Å². The van der Waals surface area contributed by atoms with Crippen LogP contribution in [0.3, 0.4) is 0 Å². The van der Waals surface area contributed by atoms with Gasteiger partial charge in [0.25, 0.3) is 0 Å². The zero-order valence-electron chi connectivity index (χ0n) is 10.8. The first-order chi connectivity index (χ1) is 9.24. The lowest BCUT2D eigenvalue weighted by molar-refractivity contribution is 0.0674. The Morgan fingerprint density at radius 2 is 2.16 bits per heavy atom. The molecule has 1 aromatic rings. The third-order valence-corrected chi connectivity index (χ3v) is 3.90. The van der Waals surface area contributed by atoms with Crippen molar-refractivity contribution in [3.63, 3.8) is 0 Å². The first kappa shape index (κ1) is 12.8. The van der Waals surface area contributed by atoms with E-state index in [-0.39, 0.29) is 0 Å². The van der Waals surface area contributed by atoms with Crippen molar-refractivity contribution in [3.05, 3.63) is 34.9 Å².